The molecule has 3 aromatic rings. The summed E-state index contributed by atoms with van der Waals surface area (Å²) in [6.07, 6.45) is 3.18. The lowest BCUT2D eigenvalue weighted by Crippen LogP contribution is -2.17. The van der Waals surface area contributed by atoms with Gasteiger partial charge in [-0.05, 0) is 67.4 Å². The van der Waals surface area contributed by atoms with Crippen LogP contribution in [0.2, 0.25) is 0 Å². The van der Waals surface area contributed by atoms with Crippen LogP contribution >= 0.6 is 0 Å². The first-order chi connectivity index (χ1) is 17.7. The van der Waals surface area contributed by atoms with Gasteiger partial charge in [0.05, 0.1) is 23.4 Å². The molecule has 3 rings (SSSR count). The van der Waals surface area contributed by atoms with E-state index in [1.54, 1.807) is 31.4 Å². The topological polar surface area (TPSA) is 95.8 Å². The second-order valence-electron chi connectivity index (χ2n) is 8.32. The van der Waals surface area contributed by atoms with Gasteiger partial charge < -0.3 is 20.1 Å². The predicted molar refractivity (Wildman–Crippen MR) is 153 cm³/mol. The predicted octanol–water partition coefficient (Wildman–Crippen LogP) is 6.30. The number of benzene rings is 3. The van der Waals surface area contributed by atoms with Crippen LogP contribution in [0.15, 0.2) is 101 Å². The van der Waals surface area contributed by atoms with Gasteiger partial charge in [-0.2, -0.15) is 0 Å². The van der Waals surface area contributed by atoms with Crippen molar-refractivity contribution in [2.45, 2.75) is 25.3 Å². The Bertz CT molecular complexity index is 1380. The zero-order chi connectivity index (χ0) is 26.8. The molecule has 3 aromatic carbocycles. The number of nitrogens with zero attached hydrogens (tertiary/aromatic N) is 1. The van der Waals surface area contributed by atoms with Crippen LogP contribution in [-0.4, -0.2) is 30.0 Å². The highest BCUT2D eigenvalue weighted by atomic mass is 32.2. The van der Waals surface area contributed by atoms with E-state index in [-0.39, 0.29) is 0 Å². The number of rotatable bonds is 11. The fraction of sp³-hybridized carbons (Fsp3) is 0.207. The largest absolute Gasteiger partial charge is 0.497 e. The summed E-state index contributed by atoms with van der Waals surface area (Å²) in [5.41, 5.74) is 3.54. The smallest absolute Gasteiger partial charge is 0.136 e. The van der Waals surface area contributed by atoms with Crippen LogP contribution in [0.4, 0.5) is 5.69 Å². The number of aliphatic imine (C=N–C) groups is 1. The molecule has 0 amide bonds. The third kappa shape index (κ3) is 7.98. The van der Waals surface area contributed by atoms with E-state index in [9.17, 15) is 4.21 Å². The third-order valence-electron chi connectivity index (χ3n) is 5.44. The molecule has 0 spiro atoms. The van der Waals surface area contributed by atoms with Gasteiger partial charge in [-0.15, -0.1) is 0 Å². The maximum absolute atomic E-state index is 12.2. The summed E-state index contributed by atoms with van der Waals surface area (Å²) < 4.78 is 30.9. The SMILES string of the molecule is C=C/C(=C(\N=C(/C)Nc1cccc(S(C)(=N)=O)c1)NCc1ccc(OC)cc1)c1ccc(OCC)cc1. The first kappa shape index (κ1) is 27.5. The summed E-state index contributed by atoms with van der Waals surface area (Å²) in [5, 5.41) is 6.70. The van der Waals surface area contributed by atoms with E-state index in [1.807, 2.05) is 68.4 Å². The molecule has 0 saturated heterocycles. The number of nitrogens with one attached hydrogen (secondary N) is 3. The number of methoxy groups -OCH3 is 1. The van der Waals surface area contributed by atoms with Crippen molar-refractivity contribution in [1.29, 1.82) is 4.78 Å². The van der Waals surface area contributed by atoms with E-state index in [0.29, 0.717) is 35.4 Å². The summed E-state index contributed by atoms with van der Waals surface area (Å²) in [4.78, 5) is 5.31. The molecule has 0 aromatic heterocycles. The van der Waals surface area contributed by atoms with Gasteiger partial charge >= 0.3 is 0 Å². The van der Waals surface area contributed by atoms with E-state index in [4.69, 9.17) is 19.2 Å². The molecule has 0 aliphatic rings. The van der Waals surface area contributed by atoms with Crippen LogP contribution in [0.1, 0.15) is 25.0 Å². The standard InChI is InChI=1S/C29H34N4O3S/c1-6-28(23-13-17-26(18-14-23)36-7-2)29(31-20-22-11-15-25(35-4)16-12-22)33-21(3)32-24-9-8-10-27(19-24)37(5,30)34/h6,8-19,30-31H,1,7,20H2,2-5H3,(H,32,33)/b29-28+. The lowest BCUT2D eigenvalue weighted by Gasteiger charge is -2.15. The van der Waals surface area contributed by atoms with Crippen molar-refractivity contribution in [3.8, 4) is 11.5 Å². The molecule has 0 bridgehead atoms. The number of ether oxygens (including phenoxy) is 2. The maximum Gasteiger partial charge on any atom is 0.136 e. The van der Waals surface area contributed by atoms with Crippen LogP contribution in [0.25, 0.3) is 5.57 Å². The normalized spacial score (nSPS) is 13.7. The Labute approximate surface area is 219 Å². The molecule has 0 aliphatic heterocycles. The van der Waals surface area contributed by atoms with Crippen molar-refractivity contribution in [1.82, 2.24) is 5.32 Å². The van der Waals surface area contributed by atoms with Gasteiger partial charge in [-0.1, -0.05) is 43.0 Å². The summed E-state index contributed by atoms with van der Waals surface area (Å²) in [7, 11) is -1.18. The van der Waals surface area contributed by atoms with Gasteiger partial charge in [0.1, 0.15) is 23.2 Å². The molecule has 0 radical (unpaired) electrons. The third-order valence-corrected chi connectivity index (χ3v) is 6.60. The quantitative estimate of drug-likeness (QED) is 0.157. The van der Waals surface area contributed by atoms with Crippen molar-refractivity contribution >= 4 is 26.8 Å². The zero-order valence-corrected chi connectivity index (χ0v) is 22.5. The monoisotopic (exact) mass is 518 g/mol. The van der Waals surface area contributed by atoms with E-state index >= 15 is 0 Å². The van der Waals surface area contributed by atoms with Crippen molar-refractivity contribution in [3.63, 3.8) is 0 Å². The van der Waals surface area contributed by atoms with Gasteiger partial charge in [-0.3, -0.25) is 0 Å². The summed E-state index contributed by atoms with van der Waals surface area (Å²) in [6, 6.07) is 22.7. The van der Waals surface area contributed by atoms with Crippen LogP contribution in [-0.2, 0) is 16.3 Å². The Balaban J connectivity index is 1.96. The number of anilines is 1. The molecule has 37 heavy (non-hydrogen) atoms. The van der Waals surface area contributed by atoms with Gasteiger partial charge in [-0.25, -0.2) is 14.0 Å². The second kappa shape index (κ2) is 12.8. The van der Waals surface area contributed by atoms with E-state index in [0.717, 1.165) is 28.2 Å². The Morgan fingerprint density at radius 2 is 1.76 bits per heavy atom. The molecular weight excluding hydrogens is 484 g/mol. The molecule has 8 heteroatoms. The minimum Gasteiger partial charge on any atom is -0.497 e. The molecule has 194 valence electrons. The van der Waals surface area contributed by atoms with Gasteiger partial charge in [0.15, 0.2) is 0 Å². The molecule has 0 aliphatic carbocycles. The lowest BCUT2D eigenvalue weighted by molar-refractivity contribution is 0.340. The van der Waals surface area contributed by atoms with Gasteiger partial charge in [0.25, 0.3) is 0 Å². The molecule has 7 nitrogen and oxygen atoms in total. The Kier molecular flexibility index (Phi) is 9.51. The van der Waals surface area contributed by atoms with Crippen LogP contribution in [0.5, 0.6) is 11.5 Å². The fourth-order valence-electron chi connectivity index (χ4n) is 3.59. The molecule has 1 unspecified atom stereocenters. The van der Waals surface area contributed by atoms with Crippen LogP contribution in [0.3, 0.4) is 0 Å². The van der Waals surface area contributed by atoms with Gasteiger partial charge in [0.2, 0.25) is 0 Å². The molecular formula is C29H34N4O3S. The maximum atomic E-state index is 12.2. The van der Waals surface area contributed by atoms with Crippen LogP contribution < -0.4 is 20.1 Å². The van der Waals surface area contributed by atoms with Crippen molar-refractivity contribution in [2.75, 3.05) is 25.3 Å². The molecule has 3 N–H and O–H groups in total. The molecule has 0 heterocycles. The van der Waals surface area contributed by atoms with E-state index in [2.05, 4.69) is 17.2 Å². The minimum atomic E-state index is -2.82. The summed E-state index contributed by atoms with van der Waals surface area (Å²) >= 11 is 0. The Morgan fingerprint density at radius 3 is 2.35 bits per heavy atom. The highest BCUT2D eigenvalue weighted by molar-refractivity contribution is 7.91. The summed E-state index contributed by atoms with van der Waals surface area (Å²) in [5.74, 6) is 2.85. The van der Waals surface area contributed by atoms with Crippen molar-refractivity contribution in [3.05, 3.63) is 102 Å². The van der Waals surface area contributed by atoms with Gasteiger partial charge in [0, 0.05) is 29.0 Å². The second-order valence-corrected chi connectivity index (χ2v) is 10.5. The fourth-order valence-corrected chi connectivity index (χ4v) is 4.28. The molecule has 0 fully saturated rings. The van der Waals surface area contributed by atoms with Crippen molar-refractivity contribution < 1.29 is 13.7 Å². The first-order valence-electron chi connectivity index (χ1n) is 11.9. The van der Waals surface area contributed by atoms with E-state index in [1.165, 1.54) is 6.26 Å². The number of hydrogen-bond acceptors (Lipinski definition) is 6. The van der Waals surface area contributed by atoms with E-state index < -0.39 is 9.73 Å². The first-order valence-corrected chi connectivity index (χ1v) is 13.8. The molecule has 1 atom stereocenters. The summed E-state index contributed by atoms with van der Waals surface area (Å²) in [6.45, 7) is 8.98. The Hall–Kier alpha value is -4.04. The highest BCUT2D eigenvalue weighted by Gasteiger charge is 2.10. The number of hydrogen-bond donors (Lipinski definition) is 3. The minimum absolute atomic E-state index is 0.458. The lowest BCUT2D eigenvalue weighted by atomic mass is 10.1. The average Bonchev–Trinajstić information content (AvgIpc) is 2.88. The van der Waals surface area contributed by atoms with Crippen LogP contribution in [0, 0.1) is 4.78 Å². The molecule has 0 saturated carbocycles. The number of allylic oxidation sites excluding steroid dienone is 2. The highest BCUT2D eigenvalue weighted by Crippen LogP contribution is 2.24. The number of amidine groups is 1. The Morgan fingerprint density at radius 1 is 1.08 bits per heavy atom. The van der Waals surface area contributed by atoms with Crippen molar-refractivity contribution in [2.24, 2.45) is 4.99 Å². The zero-order valence-electron chi connectivity index (χ0n) is 21.7. The average molecular weight is 519 g/mol.